The van der Waals surface area contributed by atoms with Gasteiger partial charge in [-0.25, -0.2) is 0 Å². The molecular formula is C16H15Br2NO2. The molecule has 0 saturated heterocycles. The molecule has 0 spiro atoms. The second kappa shape index (κ2) is 7.09. The Bertz CT molecular complexity index is 671. The van der Waals surface area contributed by atoms with Crippen molar-refractivity contribution >= 4 is 43.5 Å². The van der Waals surface area contributed by atoms with E-state index >= 15 is 0 Å². The highest BCUT2D eigenvalue weighted by atomic mass is 79.9. The molecule has 0 atom stereocenters. The number of anilines is 1. The first-order valence-electron chi connectivity index (χ1n) is 6.41. The minimum absolute atomic E-state index is 0.0341. The second-order valence-corrected chi connectivity index (χ2v) is 6.43. The van der Waals surface area contributed by atoms with Gasteiger partial charge >= 0.3 is 0 Å². The van der Waals surface area contributed by atoms with E-state index in [1.165, 1.54) is 0 Å². The number of carbonyl (C=O) groups is 1. The molecule has 0 fully saturated rings. The maximum absolute atomic E-state index is 12.0. The molecule has 3 nitrogen and oxygen atoms in total. The lowest BCUT2D eigenvalue weighted by atomic mass is 10.1. The van der Waals surface area contributed by atoms with Gasteiger partial charge in [0.1, 0.15) is 5.75 Å². The van der Waals surface area contributed by atoms with Crippen molar-refractivity contribution in [1.29, 1.82) is 0 Å². The number of rotatable bonds is 4. The summed E-state index contributed by atoms with van der Waals surface area (Å²) in [6.07, 6.45) is 0. The van der Waals surface area contributed by atoms with Gasteiger partial charge in [-0.05, 0) is 65.2 Å². The van der Waals surface area contributed by atoms with Crippen LogP contribution >= 0.6 is 31.9 Å². The summed E-state index contributed by atoms with van der Waals surface area (Å²) in [4.78, 5) is 12.0. The number of hydrogen-bond donors (Lipinski definition) is 1. The first-order chi connectivity index (χ1) is 9.97. The number of ether oxygens (including phenoxy) is 1. The lowest BCUT2D eigenvalue weighted by molar-refractivity contribution is -0.118. The number of amides is 1. The lowest BCUT2D eigenvalue weighted by Crippen LogP contribution is -2.20. The van der Waals surface area contributed by atoms with Crippen molar-refractivity contribution in [3.8, 4) is 5.75 Å². The fourth-order valence-corrected chi connectivity index (χ4v) is 2.97. The van der Waals surface area contributed by atoms with Crippen molar-refractivity contribution in [1.82, 2.24) is 0 Å². The number of aryl methyl sites for hydroxylation is 1. The van der Waals surface area contributed by atoms with Gasteiger partial charge in [0.25, 0.3) is 5.91 Å². The quantitative estimate of drug-likeness (QED) is 0.779. The fraction of sp³-hybridized carbons (Fsp3) is 0.188. The van der Waals surface area contributed by atoms with Crippen LogP contribution in [0.15, 0.2) is 45.3 Å². The van der Waals surface area contributed by atoms with Gasteiger partial charge in [0, 0.05) is 10.2 Å². The third-order valence-electron chi connectivity index (χ3n) is 3.13. The van der Waals surface area contributed by atoms with Crippen molar-refractivity contribution in [2.75, 3.05) is 11.9 Å². The van der Waals surface area contributed by atoms with Crippen molar-refractivity contribution in [2.45, 2.75) is 13.8 Å². The minimum atomic E-state index is -0.182. The van der Waals surface area contributed by atoms with Crippen LogP contribution < -0.4 is 10.1 Å². The lowest BCUT2D eigenvalue weighted by Gasteiger charge is -2.12. The normalized spacial score (nSPS) is 10.3. The molecule has 0 aliphatic carbocycles. The van der Waals surface area contributed by atoms with Crippen LogP contribution in [0, 0.1) is 13.8 Å². The molecule has 0 aliphatic rings. The Labute approximate surface area is 141 Å². The van der Waals surface area contributed by atoms with E-state index < -0.39 is 0 Å². The molecule has 0 aromatic heterocycles. The third kappa shape index (κ3) is 4.32. The highest BCUT2D eigenvalue weighted by Crippen LogP contribution is 2.28. The first-order valence-corrected chi connectivity index (χ1v) is 8.00. The van der Waals surface area contributed by atoms with E-state index in [4.69, 9.17) is 4.74 Å². The average Bonchev–Trinajstić information content (AvgIpc) is 2.43. The first kappa shape index (κ1) is 16.0. The van der Waals surface area contributed by atoms with E-state index in [0.717, 1.165) is 25.8 Å². The zero-order valence-corrected chi connectivity index (χ0v) is 14.9. The molecule has 0 saturated carbocycles. The van der Waals surface area contributed by atoms with Crippen LogP contribution in [0.1, 0.15) is 11.1 Å². The Balaban J connectivity index is 1.97. The summed E-state index contributed by atoms with van der Waals surface area (Å²) in [5.41, 5.74) is 3.03. The van der Waals surface area contributed by atoms with Gasteiger partial charge in [0.05, 0.1) is 4.47 Å². The van der Waals surface area contributed by atoms with Gasteiger partial charge in [-0.2, -0.15) is 0 Å². The second-order valence-electron chi connectivity index (χ2n) is 4.66. The van der Waals surface area contributed by atoms with Crippen molar-refractivity contribution in [3.63, 3.8) is 0 Å². The number of benzene rings is 2. The summed E-state index contributed by atoms with van der Waals surface area (Å²) < 4.78 is 7.26. The van der Waals surface area contributed by atoms with Gasteiger partial charge in [-0.1, -0.05) is 28.1 Å². The van der Waals surface area contributed by atoms with Crippen molar-refractivity contribution < 1.29 is 9.53 Å². The molecule has 0 radical (unpaired) electrons. The largest absolute Gasteiger partial charge is 0.483 e. The third-order valence-corrected chi connectivity index (χ3v) is 4.24. The van der Waals surface area contributed by atoms with E-state index in [-0.39, 0.29) is 12.5 Å². The van der Waals surface area contributed by atoms with Crippen LogP contribution in [0.3, 0.4) is 0 Å². The number of carbonyl (C=O) groups excluding carboxylic acids is 1. The summed E-state index contributed by atoms with van der Waals surface area (Å²) in [6, 6.07) is 11.4. The monoisotopic (exact) mass is 411 g/mol. The minimum Gasteiger partial charge on any atom is -0.483 e. The summed E-state index contributed by atoms with van der Waals surface area (Å²) in [7, 11) is 0. The highest BCUT2D eigenvalue weighted by molar-refractivity contribution is 9.11. The Morgan fingerprint density at radius 1 is 1.19 bits per heavy atom. The maximum atomic E-state index is 12.0. The molecule has 0 heterocycles. The Morgan fingerprint density at radius 3 is 2.67 bits per heavy atom. The molecule has 1 N–H and O–H groups in total. The number of halogens is 2. The Kier molecular flexibility index (Phi) is 5.42. The zero-order valence-electron chi connectivity index (χ0n) is 11.7. The van der Waals surface area contributed by atoms with Crippen LogP contribution in [-0.2, 0) is 4.79 Å². The van der Waals surface area contributed by atoms with Crippen LogP contribution in [-0.4, -0.2) is 12.5 Å². The predicted octanol–water partition coefficient (Wildman–Crippen LogP) is 4.85. The van der Waals surface area contributed by atoms with Gasteiger partial charge < -0.3 is 10.1 Å². The molecule has 1 amide bonds. The van der Waals surface area contributed by atoms with Crippen molar-refractivity contribution in [2.24, 2.45) is 0 Å². The van der Waals surface area contributed by atoms with Gasteiger partial charge in [-0.3, -0.25) is 4.79 Å². The van der Waals surface area contributed by atoms with E-state index in [1.54, 1.807) is 6.07 Å². The van der Waals surface area contributed by atoms with E-state index in [9.17, 15) is 4.79 Å². The van der Waals surface area contributed by atoms with Gasteiger partial charge in [0.2, 0.25) is 0 Å². The molecule has 5 heteroatoms. The summed E-state index contributed by atoms with van der Waals surface area (Å²) in [6.45, 7) is 3.96. The maximum Gasteiger partial charge on any atom is 0.262 e. The molecule has 110 valence electrons. The van der Waals surface area contributed by atoms with E-state index in [0.29, 0.717) is 5.75 Å². The number of hydrogen-bond acceptors (Lipinski definition) is 2. The van der Waals surface area contributed by atoms with E-state index in [2.05, 4.69) is 37.2 Å². The van der Waals surface area contributed by atoms with Crippen LogP contribution in [0.25, 0.3) is 0 Å². The summed E-state index contributed by atoms with van der Waals surface area (Å²) in [5, 5.41) is 2.86. The fourth-order valence-electron chi connectivity index (χ4n) is 1.81. The van der Waals surface area contributed by atoms with Gasteiger partial charge in [-0.15, -0.1) is 0 Å². The van der Waals surface area contributed by atoms with E-state index in [1.807, 2.05) is 44.2 Å². The van der Waals surface area contributed by atoms with Crippen LogP contribution in [0.4, 0.5) is 5.69 Å². The molecule has 0 unspecified atom stereocenters. The van der Waals surface area contributed by atoms with Crippen LogP contribution in [0.5, 0.6) is 5.75 Å². The molecule has 0 bridgehead atoms. The average molecular weight is 413 g/mol. The molecule has 21 heavy (non-hydrogen) atoms. The van der Waals surface area contributed by atoms with Crippen molar-refractivity contribution in [3.05, 3.63) is 56.5 Å². The topological polar surface area (TPSA) is 38.3 Å². The number of nitrogens with one attached hydrogen (secondary N) is 1. The molecular weight excluding hydrogens is 398 g/mol. The highest BCUT2D eigenvalue weighted by Gasteiger charge is 2.08. The molecule has 2 aromatic rings. The van der Waals surface area contributed by atoms with Gasteiger partial charge in [0.15, 0.2) is 6.61 Å². The Morgan fingerprint density at radius 2 is 1.95 bits per heavy atom. The predicted molar refractivity (Wildman–Crippen MR) is 91.9 cm³/mol. The molecule has 2 aromatic carbocycles. The summed E-state index contributed by atoms with van der Waals surface area (Å²) in [5.74, 6) is 0.452. The molecule has 0 aliphatic heterocycles. The SMILES string of the molecule is Cc1cccc(NC(=O)COc2ccc(Br)cc2Br)c1C. The molecule has 2 rings (SSSR count). The summed E-state index contributed by atoms with van der Waals surface area (Å²) >= 11 is 6.77. The smallest absolute Gasteiger partial charge is 0.262 e. The zero-order chi connectivity index (χ0) is 15.4. The Hall–Kier alpha value is -1.33. The van der Waals surface area contributed by atoms with Crippen LogP contribution in [0.2, 0.25) is 0 Å². The standard InChI is InChI=1S/C16H15Br2NO2/c1-10-4-3-5-14(11(10)2)19-16(20)9-21-15-7-6-12(17)8-13(15)18/h3-8H,9H2,1-2H3,(H,19,20).